The molecule has 1 amide bonds. The summed E-state index contributed by atoms with van der Waals surface area (Å²) >= 11 is 1.58. The molecule has 1 aliphatic heterocycles. The molecule has 5 rings (SSSR count). The third-order valence-electron chi connectivity index (χ3n) is 6.16. The predicted octanol–water partition coefficient (Wildman–Crippen LogP) is 5.22. The lowest BCUT2D eigenvalue weighted by Crippen LogP contribution is -2.44. The van der Waals surface area contributed by atoms with Crippen molar-refractivity contribution in [2.75, 3.05) is 43.4 Å². The Morgan fingerprint density at radius 1 is 1.09 bits per heavy atom. The predicted molar refractivity (Wildman–Crippen MR) is 138 cm³/mol. The number of likely N-dealkylation sites (N-methyl/N-ethyl adjacent to an activating group) is 1. The quantitative estimate of drug-likeness (QED) is 0.507. The number of aromatic nitrogens is 2. The Kier molecular flexibility index (Phi) is 8.39. The number of amides is 1. The second kappa shape index (κ2) is 10.9. The summed E-state index contributed by atoms with van der Waals surface area (Å²) in [6.07, 6.45) is 3.62. The van der Waals surface area contributed by atoms with E-state index in [-0.39, 0.29) is 36.5 Å². The fraction of sp³-hybridized carbons (Fsp3) is 0.435. The van der Waals surface area contributed by atoms with Gasteiger partial charge in [-0.2, -0.15) is 0 Å². The number of halogens is 2. The third kappa shape index (κ3) is 5.35. The van der Waals surface area contributed by atoms with E-state index < -0.39 is 0 Å². The summed E-state index contributed by atoms with van der Waals surface area (Å²) in [4.78, 5) is 27.0. The molecule has 1 saturated heterocycles. The molecule has 2 aromatic heterocycles. The van der Waals surface area contributed by atoms with Gasteiger partial charge in [-0.1, -0.05) is 36.0 Å². The van der Waals surface area contributed by atoms with Gasteiger partial charge in [-0.3, -0.25) is 10.1 Å². The van der Waals surface area contributed by atoms with Crippen LogP contribution in [0.2, 0.25) is 0 Å². The minimum Gasteiger partial charge on any atom is -0.431 e. The van der Waals surface area contributed by atoms with Gasteiger partial charge in [-0.05, 0) is 38.9 Å². The number of nitrogens with one attached hydrogen (secondary N) is 1. The summed E-state index contributed by atoms with van der Waals surface area (Å²) in [5.41, 5.74) is 2.57. The van der Waals surface area contributed by atoms with E-state index in [2.05, 4.69) is 27.1 Å². The molecule has 0 unspecified atom stereocenters. The Hall–Kier alpha value is -2.13. The Labute approximate surface area is 210 Å². The molecule has 2 aliphatic rings. The molecule has 178 valence electrons. The van der Waals surface area contributed by atoms with E-state index in [0.29, 0.717) is 22.6 Å². The van der Waals surface area contributed by atoms with Crippen LogP contribution < -0.4 is 10.2 Å². The number of anilines is 2. The topological polar surface area (TPSA) is 74.5 Å². The molecule has 0 bridgehead atoms. The van der Waals surface area contributed by atoms with Crippen LogP contribution in [0.4, 0.5) is 10.1 Å². The number of hydrogen-bond acceptors (Lipinski definition) is 7. The maximum absolute atomic E-state index is 13.0. The molecule has 1 aromatic carbocycles. The smallest absolute Gasteiger partial charge is 0.295 e. The monoisotopic (exact) mass is 509 g/mol. The summed E-state index contributed by atoms with van der Waals surface area (Å²) < 4.78 is 5.82. The van der Waals surface area contributed by atoms with E-state index in [9.17, 15) is 4.79 Å². The molecule has 0 atom stereocenters. The summed E-state index contributed by atoms with van der Waals surface area (Å²) in [6.45, 7) is 5.87. The Morgan fingerprint density at radius 2 is 1.79 bits per heavy atom. The van der Waals surface area contributed by atoms with Gasteiger partial charge < -0.3 is 14.2 Å². The largest absolute Gasteiger partial charge is 0.431 e. The van der Waals surface area contributed by atoms with E-state index in [1.807, 2.05) is 30.3 Å². The van der Waals surface area contributed by atoms with Gasteiger partial charge in [0.05, 0.1) is 11.4 Å². The molecule has 3 heterocycles. The van der Waals surface area contributed by atoms with Crippen molar-refractivity contribution in [2.45, 2.75) is 32.1 Å². The number of nitrogens with zero attached hydrogens (tertiary/aromatic N) is 4. The second-order valence-electron chi connectivity index (χ2n) is 8.38. The number of rotatable bonds is 5. The van der Waals surface area contributed by atoms with Crippen molar-refractivity contribution in [3.05, 3.63) is 47.5 Å². The van der Waals surface area contributed by atoms with Crippen LogP contribution in [0.25, 0.3) is 11.5 Å². The average molecular weight is 510 g/mol. The van der Waals surface area contributed by atoms with Gasteiger partial charge in [0.15, 0.2) is 5.13 Å². The van der Waals surface area contributed by atoms with Crippen LogP contribution in [0, 0.1) is 6.92 Å². The van der Waals surface area contributed by atoms with Crippen LogP contribution in [0.1, 0.15) is 47.1 Å². The highest BCUT2D eigenvalue weighted by Crippen LogP contribution is 2.44. The SMILES string of the molecule is Cc1nc(-c2ccccc2)oc1C(=O)Nc1nc(C2CCC2)c(N2CCN(C)CC2)s1.Cl.Cl. The first-order chi connectivity index (χ1) is 15.1. The minimum absolute atomic E-state index is 0. The van der Waals surface area contributed by atoms with Crippen LogP contribution in [0.5, 0.6) is 0 Å². The van der Waals surface area contributed by atoms with Crippen molar-refractivity contribution in [3.8, 4) is 11.5 Å². The van der Waals surface area contributed by atoms with Crippen LogP contribution in [0.3, 0.4) is 0 Å². The number of carbonyl (C=O) groups excluding carboxylic acids is 1. The lowest BCUT2D eigenvalue weighted by molar-refractivity contribution is 0.0996. The Balaban J connectivity index is 0.00000153. The van der Waals surface area contributed by atoms with E-state index in [1.165, 1.54) is 24.3 Å². The number of thiazole rings is 1. The van der Waals surface area contributed by atoms with Gasteiger partial charge in [0, 0.05) is 37.7 Å². The maximum atomic E-state index is 13.0. The maximum Gasteiger partial charge on any atom is 0.295 e. The normalized spacial score (nSPS) is 16.5. The van der Waals surface area contributed by atoms with Crippen molar-refractivity contribution < 1.29 is 9.21 Å². The summed E-state index contributed by atoms with van der Waals surface area (Å²) in [5.74, 6) is 0.898. The van der Waals surface area contributed by atoms with Crippen LogP contribution >= 0.6 is 36.2 Å². The lowest BCUT2D eigenvalue weighted by atomic mass is 9.83. The highest BCUT2D eigenvalue weighted by atomic mass is 35.5. The van der Waals surface area contributed by atoms with Crippen molar-refractivity contribution in [1.29, 1.82) is 0 Å². The van der Waals surface area contributed by atoms with Gasteiger partial charge in [-0.25, -0.2) is 9.97 Å². The molecule has 1 saturated carbocycles. The van der Waals surface area contributed by atoms with Gasteiger partial charge in [-0.15, -0.1) is 24.8 Å². The fourth-order valence-electron chi connectivity index (χ4n) is 4.03. The second-order valence-corrected chi connectivity index (χ2v) is 9.36. The fourth-order valence-corrected chi connectivity index (χ4v) is 5.13. The first-order valence-electron chi connectivity index (χ1n) is 10.9. The van der Waals surface area contributed by atoms with Gasteiger partial charge in [0.25, 0.3) is 5.91 Å². The summed E-state index contributed by atoms with van der Waals surface area (Å²) in [7, 11) is 2.16. The number of piperazine rings is 1. The molecule has 0 radical (unpaired) electrons. The Bertz CT molecular complexity index is 1080. The molecular weight excluding hydrogens is 481 g/mol. The van der Waals surface area contributed by atoms with E-state index in [1.54, 1.807) is 18.3 Å². The first-order valence-corrected chi connectivity index (χ1v) is 11.7. The number of aryl methyl sites for hydroxylation is 1. The standard InChI is InChI=1S/C23H27N5O2S.2ClH/c1-15-19(30-21(24-15)17-7-4-3-5-8-17)20(29)26-23-25-18(16-9-6-10-16)22(31-23)28-13-11-27(2)12-14-28;;/h3-5,7-8,16H,6,9-14H2,1-2H3,(H,25,26,29);2*1H. The Morgan fingerprint density at radius 3 is 2.42 bits per heavy atom. The van der Waals surface area contributed by atoms with Crippen molar-refractivity contribution in [2.24, 2.45) is 0 Å². The van der Waals surface area contributed by atoms with Gasteiger partial charge >= 0.3 is 0 Å². The lowest BCUT2D eigenvalue weighted by Gasteiger charge is -2.35. The summed E-state index contributed by atoms with van der Waals surface area (Å²) in [5, 5.41) is 4.83. The zero-order valence-corrected chi connectivity index (χ0v) is 21.2. The highest BCUT2D eigenvalue weighted by molar-refractivity contribution is 7.19. The van der Waals surface area contributed by atoms with E-state index >= 15 is 0 Å². The summed E-state index contributed by atoms with van der Waals surface area (Å²) in [6, 6.07) is 9.62. The van der Waals surface area contributed by atoms with Crippen LogP contribution in [-0.4, -0.2) is 54.0 Å². The highest BCUT2D eigenvalue weighted by Gasteiger charge is 2.30. The number of hydrogen-bond donors (Lipinski definition) is 1. The molecular formula is C23H29Cl2N5O2S. The van der Waals surface area contributed by atoms with Crippen LogP contribution in [-0.2, 0) is 0 Å². The average Bonchev–Trinajstić information content (AvgIpc) is 3.32. The number of oxazole rings is 1. The van der Waals surface area contributed by atoms with Crippen molar-refractivity contribution >= 4 is 52.2 Å². The van der Waals surface area contributed by atoms with Crippen molar-refractivity contribution in [3.63, 3.8) is 0 Å². The zero-order chi connectivity index (χ0) is 21.4. The van der Waals surface area contributed by atoms with Gasteiger partial charge in [0.1, 0.15) is 5.00 Å². The molecule has 7 nitrogen and oxygen atoms in total. The van der Waals surface area contributed by atoms with Gasteiger partial charge in [0.2, 0.25) is 11.7 Å². The molecule has 33 heavy (non-hydrogen) atoms. The minimum atomic E-state index is -0.300. The van der Waals surface area contributed by atoms with Crippen molar-refractivity contribution in [1.82, 2.24) is 14.9 Å². The number of carbonyl (C=O) groups is 1. The zero-order valence-electron chi connectivity index (χ0n) is 18.7. The van der Waals surface area contributed by atoms with Crippen LogP contribution in [0.15, 0.2) is 34.7 Å². The molecule has 2 fully saturated rings. The first kappa shape index (κ1) is 25.5. The molecule has 1 aliphatic carbocycles. The molecule has 0 spiro atoms. The molecule has 3 aromatic rings. The third-order valence-corrected chi connectivity index (χ3v) is 7.21. The molecule has 1 N–H and O–H groups in total. The van der Waals surface area contributed by atoms with E-state index in [0.717, 1.165) is 37.4 Å². The van der Waals surface area contributed by atoms with E-state index in [4.69, 9.17) is 9.40 Å². The number of benzene rings is 1. The molecule has 10 heteroatoms.